The predicted molar refractivity (Wildman–Crippen MR) is 46.9 cm³/mol. The smallest absolute Gasteiger partial charge is 0.339 e. The second-order valence-electron chi connectivity index (χ2n) is 2.48. The summed E-state index contributed by atoms with van der Waals surface area (Å²) in [5.74, 6) is -2.78. The fourth-order valence-corrected chi connectivity index (χ4v) is 0.919. The zero-order chi connectivity index (χ0) is 11.0. The van der Waals surface area contributed by atoms with Crippen LogP contribution in [-0.2, 0) is 0 Å². The molecule has 0 saturated carbocycles. The fraction of sp³-hybridized carbons (Fsp3) is 0. The molecule has 0 aromatic heterocycles. The minimum atomic E-state index is -1.01. The number of nitrogens with two attached hydrogens (primary N) is 2. The zero-order valence-corrected chi connectivity index (χ0v) is 6.76. The van der Waals surface area contributed by atoms with Gasteiger partial charge in [0.05, 0.1) is 4.92 Å². The summed E-state index contributed by atoms with van der Waals surface area (Å²) in [5.41, 5.74) is 7.80. The van der Waals surface area contributed by atoms with Gasteiger partial charge in [0.2, 0.25) is 5.75 Å². The van der Waals surface area contributed by atoms with Crippen molar-refractivity contribution in [2.24, 2.45) is 0 Å². The minimum Gasteiger partial charge on any atom is -0.503 e. The molecule has 8 heteroatoms. The summed E-state index contributed by atoms with van der Waals surface area (Å²) in [4.78, 5) is 9.36. The number of benzene rings is 1. The van der Waals surface area contributed by atoms with Gasteiger partial charge < -0.3 is 26.8 Å². The van der Waals surface area contributed by atoms with E-state index in [-0.39, 0.29) is 0 Å². The Morgan fingerprint density at radius 3 is 1.86 bits per heavy atom. The van der Waals surface area contributed by atoms with E-state index < -0.39 is 39.2 Å². The van der Waals surface area contributed by atoms with Crippen molar-refractivity contribution >= 4 is 17.1 Å². The van der Waals surface area contributed by atoms with Crippen molar-refractivity contribution in [1.29, 1.82) is 0 Å². The minimum absolute atomic E-state index is 0.691. The predicted octanol–water partition coefficient (Wildman–Crippen LogP) is -0.124. The number of phenolic OH excluding ortho intramolecular Hbond substituents is 3. The van der Waals surface area contributed by atoms with Crippen molar-refractivity contribution in [1.82, 2.24) is 0 Å². The fourth-order valence-electron chi connectivity index (χ4n) is 0.919. The van der Waals surface area contributed by atoms with Gasteiger partial charge in [-0.15, -0.1) is 0 Å². The van der Waals surface area contributed by atoms with Crippen LogP contribution in [0, 0.1) is 10.1 Å². The maximum atomic E-state index is 10.4. The van der Waals surface area contributed by atoms with E-state index in [1.54, 1.807) is 0 Å². The summed E-state index contributed by atoms with van der Waals surface area (Å²) >= 11 is 0. The molecule has 0 heterocycles. The van der Waals surface area contributed by atoms with E-state index in [4.69, 9.17) is 26.8 Å². The summed E-state index contributed by atoms with van der Waals surface area (Å²) in [6, 6.07) is 0. The first-order valence-electron chi connectivity index (χ1n) is 3.34. The van der Waals surface area contributed by atoms with Gasteiger partial charge in [0.15, 0.2) is 17.2 Å². The van der Waals surface area contributed by atoms with Crippen molar-refractivity contribution in [2.45, 2.75) is 0 Å². The quantitative estimate of drug-likeness (QED) is 0.139. The van der Waals surface area contributed by atoms with E-state index in [9.17, 15) is 10.1 Å². The number of nitrogen functional groups attached to an aromatic ring is 2. The van der Waals surface area contributed by atoms with Gasteiger partial charge in [-0.1, -0.05) is 0 Å². The van der Waals surface area contributed by atoms with Crippen molar-refractivity contribution in [3.63, 3.8) is 0 Å². The first-order chi connectivity index (χ1) is 6.37. The monoisotopic (exact) mass is 201 g/mol. The molecule has 0 radical (unpaired) electrons. The van der Waals surface area contributed by atoms with Crippen LogP contribution >= 0.6 is 0 Å². The van der Waals surface area contributed by atoms with Gasteiger partial charge in [0.25, 0.3) is 0 Å². The molecule has 0 amide bonds. The summed E-state index contributed by atoms with van der Waals surface area (Å²) in [7, 11) is 0. The molecule has 0 spiro atoms. The first-order valence-corrected chi connectivity index (χ1v) is 3.34. The molecule has 7 N–H and O–H groups in total. The first kappa shape index (κ1) is 9.71. The number of phenols is 3. The Balaban J connectivity index is 3.68. The number of nitrogens with zero attached hydrogens (tertiary/aromatic N) is 1. The lowest BCUT2D eigenvalue weighted by Gasteiger charge is -2.07. The number of nitro groups is 1. The summed E-state index contributed by atoms with van der Waals surface area (Å²) in [6.07, 6.45) is 0. The number of hydrogen-bond acceptors (Lipinski definition) is 7. The molecule has 1 aromatic rings. The van der Waals surface area contributed by atoms with Crippen molar-refractivity contribution in [2.75, 3.05) is 11.5 Å². The van der Waals surface area contributed by atoms with Gasteiger partial charge in [-0.3, -0.25) is 10.1 Å². The Hall–Kier alpha value is -2.38. The number of nitro benzene ring substituents is 1. The molecule has 0 bridgehead atoms. The molecular formula is C6H7N3O5. The lowest BCUT2D eigenvalue weighted by atomic mass is 10.2. The molecule has 14 heavy (non-hydrogen) atoms. The molecule has 8 nitrogen and oxygen atoms in total. The topological polar surface area (TPSA) is 156 Å². The second-order valence-corrected chi connectivity index (χ2v) is 2.48. The molecule has 0 atom stereocenters. The Labute approximate surface area is 77.1 Å². The van der Waals surface area contributed by atoms with Crippen LogP contribution in [0.1, 0.15) is 0 Å². The molecule has 0 aliphatic heterocycles. The SMILES string of the molecule is Nc1c(O)c(O)c(N)c([N+](=O)[O-])c1O. The molecule has 0 unspecified atom stereocenters. The highest BCUT2D eigenvalue weighted by Gasteiger charge is 2.28. The molecule has 1 rings (SSSR count). The average Bonchev–Trinajstić information content (AvgIpc) is 2.11. The van der Waals surface area contributed by atoms with E-state index in [0.717, 1.165) is 0 Å². The molecule has 0 aliphatic carbocycles. The van der Waals surface area contributed by atoms with Gasteiger partial charge in [-0.2, -0.15) is 0 Å². The van der Waals surface area contributed by atoms with Crippen LogP contribution < -0.4 is 11.5 Å². The van der Waals surface area contributed by atoms with E-state index in [1.807, 2.05) is 0 Å². The third-order valence-electron chi connectivity index (χ3n) is 1.65. The molecule has 0 aliphatic rings. The average molecular weight is 201 g/mol. The maximum Gasteiger partial charge on any atom is 0.339 e. The maximum absolute atomic E-state index is 10.4. The van der Waals surface area contributed by atoms with Crippen LogP contribution in [0.25, 0.3) is 0 Å². The summed E-state index contributed by atoms with van der Waals surface area (Å²) < 4.78 is 0. The van der Waals surface area contributed by atoms with Crippen LogP contribution in [0.15, 0.2) is 0 Å². The van der Waals surface area contributed by atoms with E-state index >= 15 is 0 Å². The van der Waals surface area contributed by atoms with Crippen molar-refractivity contribution in [3.05, 3.63) is 10.1 Å². The van der Waals surface area contributed by atoms with Gasteiger partial charge in [0, 0.05) is 0 Å². The van der Waals surface area contributed by atoms with Crippen LogP contribution in [0.2, 0.25) is 0 Å². The number of anilines is 2. The van der Waals surface area contributed by atoms with E-state index in [1.165, 1.54) is 0 Å². The van der Waals surface area contributed by atoms with Crippen LogP contribution in [-0.4, -0.2) is 20.2 Å². The van der Waals surface area contributed by atoms with Gasteiger partial charge in [0.1, 0.15) is 5.69 Å². The second kappa shape index (κ2) is 2.83. The Kier molecular flexibility index (Phi) is 1.97. The van der Waals surface area contributed by atoms with Crippen LogP contribution in [0.5, 0.6) is 17.2 Å². The van der Waals surface area contributed by atoms with Crippen molar-refractivity contribution < 1.29 is 20.2 Å². The standard InChI is InChI=1S/C6H7N3O5/c7-1-3(9(13)14)4(10)2(8)6(12)5(1)11/h10-12H,7-8H2. The molecular weight excluding hydrogens is 194 g/mol. The molecule has 0 fully saturated rings. The Morgan fingerprint density at radius 1 is 1.00 bits per heavy atom. The number of rotatable bonds is 1. The van der Waals surface area contributed by atoms with Crippen molar-refractivity contribution in [3.8, 4) is 17.2 Å². The highest BCUT2D eigenvalue weighted by Crippen LogP contribution is 2.50. The lowest BCUT2D eigenvalue weighted by Crippen LogP contribution is -1.99. The molecule has 76 valence electrons. The van der Waals surface area contributed by atoms with Gasteiger partial charge in [-0.25, -0.2) is 0 Å². The number of aromatic hydroxyl groups is 3. The van der Waals surface area contributed by atoms with Crippen LogP contribution in [0.4, 0.5) is 17.1 Å². The third-order valence-corrected chi connectivity index (χ3v) is 1.65. The summed E-state index contributed by atoms with van der Waals surface area (Å²) in [5, 5.41) is 37.6. The van der Waals surface area contributed by atoms with Gasteiger partial charge >= 0.3 is 5.69 Å². The highest BCUT2D eigenvalue weighted by molar-refractivity contribution is 5.85. The molecule has 1 aromatic carbocycles. The highest BCUT2D eigenvalue weighted by atomic mass is 16.6. The normalized spacial score (nSPS) is 10.0. The Bertz CT molecular complexity index is 387. The summed E-state index contributed by atoms with van der Waals surface area (Å²) in [6.45, 7) is 0. The zero-order valence-electron chi connectivity index (χ0n) is 6.76. The van der Waals surface area contributed by atoms with E-state index in [2.05, 4.69) is 0 Å². The Morgan fingerprint density at radius 2 is 1.43 bits per heavy atom. The van der Waals surface area contributed by atoms with Crippen LogP contribution in [0.3, 0.4) is 0 Å². The lowest BCUT2D eigenvalue weighted by molar-refractivity contribution is -0.384. The van der Waals surface area contributed by atoms with E-state index in [0.29, 0.717) is 0 Å². The molecule has 0 saturated heterocycles. The largest absolute Gasteiger partial charge is 0.503 e. The third kappa shape index (κ3) is 1.09. The number of hydrogen-bond donors (Lipinski definition) is 5. The van der Waals surface area contributed by atoms with Gasteiger partial charge in [-0.05, 0) is 0 Å².